The molecule has 3 aromatic heterocycles. The second-order valence-electron chi connectivity index (χ2n) is 8.99. The molecule has 0 fully saturated rings. The zero-order valence-corrected chi connectivity index (χ0v) is 23.6. The third-order valence-corrected chi connectivity index (χ3v) is 8.43. The Kier molecular flexibility index (Phi) is 9.54. The van der Waals surface area contributed by atoms with Gasteiger partial charge in [0.1, 0.15) is 5.75 Å². The number of ketones is 1. The molecular formula is C28H28FNO8S2. The van der Waals surface area contributed by atoms with Gasteiger partial charge in [-0.2, -0.15) is 0 Å². The highest BCUT2D eigenvalue weighted by Crippen LogP contribution is 2.40. The largest absolute Gasteiger partial charge is 0.495 e. The summed E-state index contributed by atoms with van der Waals surface area (Å²) < 4.78 is 33.5. The van der Waals surface area contributed by atoms with Crippen LogP contribution in [0.15, 0.2) is 24.3 Å². The predicted octanol–water partition coefficient (Wildman–Crippen LogP) is 6.13. The second-order valence-corrected chi connectivity index (χ2v) is 11.2. The first-order valence-electron chi connectivity index (χ1n) is 12.6. The van der Waals surface area contributed by atoms with Gasteiger partial charge >= 0.3 is 11.9 Å². The van der Waals surface area contributed by atoms with Crippen molar-refractivity contribution in [3.63, 3.8) is 0 Å². The number of halogens is 1. The van der Waals surface area contributed by atoms with Crippen LogP contribution < -0.4 is 14.2 Å². The molecule has 2 N–H and O–H groups in total. The van der Waals surface area contributed by atoms with Crippen molar-refractivity contribution in [1.29, 1.82) is 0 Å². The summed E-state index contributed by atoms with van der Waals surface area (Å²) in [5.74, 6) is -2.12. The number of hydrogen-bond acceptors (Lipinski definition) is 9. The van der Waals surface area contributed by atoms with Crippen molar-refractivity contribution in [2.45, 2.75) is 44.9 Å². The molecule has 0 bridgehead atoms. The average molecular weight is 590 g/mol. The van der Waals surface area contributed by atoms with Gasteiger partial charge in [-0.1, -0.05) is 0 Å². The van der Waals surface area contributed by atoms with Gasteiger partial charge in [0, 0.05) is 39.9 Å². The molecule has 0 spiro atoms. The van der Waals surface area contributed by atoms with E-state index in [-0.39, 0.29) is 53.4 Å². The summed E-state index contributed by atoms with van der Waals surface area (Å²) in [7, 11) is 2.97. The molecule has 12 heteroatoms. The van der Waals surface area contributed by atoms with Crippen molar-refractivity contribution in [2.24, 2.45) is 0 Å². The van der Waals surface area contributed by atoms with Crippen molar-refractivity contribution in [2.75, 3.05) is 20.8 Å². The molecule has 0 aliphatic rings. The van der Waals surface area contributed by atoms with E-state index in [1.807, 2.05) is 12.1 Å². The van der Waals surface area contributed by atoms with Crippen molar-refractivity contribution >= 4 is 60.7 Å². The molecule has 0 saturated carbocycles. The van der Waals surface area contributed by atoms with Crippen molar-refractivity contribution < 1.29 is 43.2 Å². The number of benzene rings is 1. The molecule has 212 valence electrons. The van der Waals surface area contributed by atoms with E-state index >= 15 is 4.39 Å². The van der Waals surface area contributed by atoms with Crippen LogP contribution in [0.1, 0.15) is 52.3 Å². The van der Waals surface area contributed by atoms with Crippen molar-refractivity contribution in [3.05, 3.63) is 45.5 Å². The van der Waals surface area contributed by atoms with Gasteiger partial charge in [0.05, 0.1) is 48.0 Å². The lowest BCUT2D eigenvalue weighted by Crippen LogP contribution is -2.04. The lowest BCUT2D eigenvalue weighted by Gasteiger charge is -2.13. The number of hydrogen-bond donors (Lipinski definition) is 2. The molecule has 0 amide bonds. The fourth-order valence-corrected chi connectivity index (χ4v) is 6.34. The fraction of sp³-hybridized carbons (Fsp3) is 0.357. The first-order valence-corrected chi connectivity index (χ1v) is 14.2. The third kappa shape index (κ3) is 6.86. The molecule has 40 heavy (non-hydrogen) atoms. The summed E-state index contributed by atoms with van der Waals surface area (Å²) in [4.78, 5) is 40.0. The Hall–Kier alpha value is -3.77. The zero-order chi connectivity index (χ0) is 28.8. The van der Waals surface area contributed by atoms with E-state index in [0.717, 1.165) is 32.1 Å². The minimum atomic E-state index is -1.07. The number of aliphatic carboxylic acids is 2. The van der Waals surface area contributed by atoms with Gasteiger partial charge in [0.2, 0.25) is 0 Å². The topological polar surface area (TPSA) is 132 Å². The number of pyridine rings is 1. The maximum atomic E-state index is 15.4. The average Bonchev–Trinajstić information content (AvgIpc) is 3.53. The number of Topliss-reactive ketones (excluding diaryl/α,β-unsaturated/α-hetero) is 1. The lowest BCUT2D eigenvalue weighted by molar-refractivity contribution is -0.138. The number of rotatable bonds is 15. The maximum absolute atomic E-state index is 15.4. The van der Waals surface area contributed by atoms with E-state index in [9.17, 15) is 14.4 Å². The first kappa shape index (κ1) is 29.2. The molecule has 0 aliphatic heterocycles. The molecule has 0 atom stereocenters. The van der Waals surface area contributed by atoms with E-state index in [1.54, 1.807) is 24.5 Å². The Balaban J connectivity index is 1.44. The summed E-state index contributed by atoms with van der Waals surface area (Å²) in [5, 5.41) is 17.9. The summed E-state index contributed by atoms with van der Waals surface area (Å²) in [6, 6.07) is 6.92. The molecule has 0 saturated heterocycles. The molecular weight excluding hydrogens is 561 g/mol. The number of carboxylic acids is 2. The van der Waals surface area contributed by atoms with Crippen LogP contribution in [-0.4, -0.2) is 53.7 Å². The standard InChI is InChI=1S/C28H28FNO8S2/c1-36-20-13-23-18(11-15(39-23)5-3-7-25(32)33)30-17(20)6-4-10-38-28-21(37-2)14-22-16(27(28)29)12-24(40-22)19(31)8-9-26(34)35/h11-14H,3-10H2,1-2H3,(H,32,33)(H,34,35). The summed E-state index contributed by atoms with van der Waals surface area (Å²) >= 11 is 2.65. The van der Waals surface area contributed by atoms with Gasteiger partial charge in [0.25, 0.3) is 0 Å². The monoisotopic (exact) mass is 589 g/mol. The zero-order valence-electron chi connectivity index (χ0n) is 22.0. The van der Waals surface area contributed by atoms with E-state index in [2.05, 4.69) is 0 Å². The number of aryl methyl sites for hydroxylation is 2. The highest BCUT2D eigenvalue weighted by atomic mass is 32.1. The summed E-state index contributed by atoms with van der Waals surface area (Å²) in [6.07, 6.45) is 1.91. The lowest BCUT2D eigenvalue weighted by atomic mass is 10.1. The summed E-state index contributed by atoms with van der Waals surface area (Å²) in [5.41, 5.74) is 1.55. The number of fused-ring (bicyclic) bond motifs is 2. The SMILES string of the molecule is COc1cc2sc(CCCC(=O)O)cc2nc1CCCOc1c(OC)cc2sc(C(=O)CCC(=O)O)cc2c1F. The van der Waals surface area contributed by atoms with Gasteiger partial charge in [-0.15, -0.1) is 22.7 Å². The summed E-state index contributed by atoms with van der Waals surface area (Å²) in [6.45, 7) is 0.167. The van der Waals surface area contributed by atoms with Crippen LogP contribution in [0.2, 0.25) is 0 Å². The molecule has 3 heterocycles. The smallest absolute Gasteiger partial charge is 0.303 e. The quantitative estimate of drug-likeness (QED) is 0.124. The Labute approximate surface area is 237 Å². The van der Waals surface area contributed by atoms with Crippen LogP contribution >= 0.6 is 22.7 Å². The van der Waals surface area contributed by atoms with Crippen LogP contribution in [0.3, 0.4) is 0 Å². The number of thiophene rings is 2. The van der Waals surface area contributed by atoms with Crippen LogP contribution in [0, 0.1) is 5.82 Å². The highest BCUT2D eigenvalue weighted by molar-refractivity contribution is 7.21. The van der Waals surface area contributed by atoms with Crippen LogP contribution in [0.4, 0.5) is 4.39 Å². The number of aromatic nitrogens is 1. The van der Waals surface area contributed by atoms with Gasteiger partial charge in [0.15, 0.2) is 23.1 Å². The molecule has 4 rings (SSSR count). The van der Waals surface area contributed by atoms with Gasteiger partial charge in [-0.25, -0.2) is 9.37 Å². The molecule has 0 unspecified atom stereocenters. The van der Waals surface area contributed by atoms with Gasteiger partial charge in [-0.3, -0.25) is 14.4 Å². The normalized spacial score (nSPS) is 11.2. The molecule has 0 aliphatic carbocycles. The Morgan fingerprint density at radius 1 is 0.875 bits per heavy atom. The number of carboxylic acid groups (broad SMARTS) is 2. The van der Waals surface area contributed by atoms with E-state index in [1.165, 1.54) is 13.2 Å². The maximum Gasteiger partial charge on any atom is 0.303 e. The minimum absolute atomic E-state index is 0.0588. The third-order valence-electron chi connectivity index (χ3n) is 6.17. The molecule has 1 aromatic carbocycles. The number of methoxy groups -OCH3 is 2. The molecule has 9 nitrogen and oxygen atoms in total. The number of ether oxygens (including phenoxy) is 3. The van der Waals surface area contributed by atoms with Crippen LogP contribution in [0.25, 0.3) is 20.3 Å². The number of nitrogens with zero attached hydrogens (tertiary/aromatic N) is 1. The second kappa shape index (κ2) is 13.1. The Morgan fingerprint density at radius 2 is 1.60 bits per heavy atom. The molecule has 4 aromatic rings. The van der Waals surface area contributed by atoms with Crippen LogP contribution in [-0.2, 0) is 22.4 Å². The number of carbonyl (C=O) groups excluding carboxylic acids is 1. The van der Waals surface area contributed by atoms with Gasteiger partial charge < -0.3 is 24.4 Å². The van der Waals surface area contributed by atoms with Crippen molar-refractivity contribution in [3.8, 4) is 17.2 Å². The first-order chi connectivity index (χ1) is 19.2. The van der Waals surface area contributed by atoms with Crippen molar-refractivity contribution in [1.82, 2.24) is 4.98 Å². The predicted molar refractivity (Wildman–Crippen MR) is 150 cm³/mol. The minimum Gasteiger partial charge on any atom is -0.495 e. The highest BCUT2D eigenvalue weighted by Gasteiger charge is 2.21. The number of carbonyl (C=O) groups is 3. The Morgan fingerprint density at radius 3 is 2.30 bits per heavy atom. The fourth-order valence-electron chi connectivity index (χ4n) is 4.21. The molecule has 0 radical (unpaired) electrons. The van der Waals surface area contributed by atoms with Gasteiger partial charge in [-0.05, 0) is 37.8 Å². The van der Waals surface area contributed by atoms with Crippen LogP contribution in [0.5, 0.6) is 17.2 Å². The Bertz CT molecular complexity index is 1560. The van der Waals surface area contributed by atoms with E-state index < -0.39 is 17.8 Å². The van der Waals surface area contributed by atoms with E-state index in [4.69, 9.17) is 29.4 Å². The van der Waals surface area contributed by atoms with E-state index in [0.29, 0.717) is 36.1 Å².